The summed E-state index contributed by atoms with van der Waals surface area (Å²) < 4.78 is 33.2. The molecule has 1 N–H and O–H groups in total. The summed E-state index contributed by atoms with van der Waals surface area (Å²) in [6, 6.07) is 14.4. The van der Waals surface area contributed by atoms with Crippen molar-refractivity contribution < 1.29 is 17.9 Å². The standard InChI is InChI=1S/C22H28N2O4S/c1-17(2)28-20-11-7-18(8-12-20)5-3-15-23-29(26,27)21-13-9-19(10-14-21)24-16-4-6-22(24)25/h7-14,17,23H,3-6,15-16H2,1-2H3. The van der Waals surface area contributed by atoms with Crippen molar-refractivity contribution in [3.8, 4) is 5.75 Å². The van der Waals surface area contributed by atoms with E-state index in [2.05, 4.69) is 4.72 Å². The molecule has 0 aliphatic carbocycles. The zero-order valence-corrected chi connectivity index (χ0v) is 17.7. The molecule has 2 aromatic carbocycles. The summed E-state index contributed by atoms with van der Waals surface area (Å²) >= 11 is 0. The number of amides is 1. The van der Waals surface area contributed by atoms with Crippen LogP contribution in [0.2, 0.25) is 0 Å². The van der Waals surface area contributed by atoms with Crippen LogP contribution in [0.25, 0.3) is 0 Å². The lowest BCUT2D eigenvalue weighted by Gasteiger charge is -2.16. The monoisotopic (exact) mass is 416 g/mol. The molecule has 1 heterocycles. The second kappa shape index (κ2) is 9.41. The van der Waals surface area contributed by atoms with Crippen molar-refractivity contribution in [2.24, 2.45) is 0 Å². The van der Waals surface area contributed by atoms with Crippen LogP contribution in [-0.4, -0.2) is 33.5 Å². The average molecular weight is 417 g/mol. The molecule has 6 nitrogen and oxygen atoms in total. The molecule has 0 bridgehead atoms. The first-order valence-corrected chi connectivity index (χ1v) is 11.5. The SMILES string of the molecule is CC(C)Oc1ccc(CCCNS(=O)(=O)c2ccc(N3CCCC3=O)cc2)cc1. The number of nitrogens with one attached hydrogen (secondary N) is 1. The second-order valence-corrected chi connectivity index (χ2v) is 9.22. The maximum Gasteiger partial charge on any atom is 0.240 e. The van der Waals surface area contributed by atoms with Crippen LogP contribution in [0.15, 0.2) is 53.4 Å². The summed E-state index contributed by atoms with van der Waals surface area (Å²) in [5, 5.41) is 0. The third kappa shape index (κ3) is 5.81. The number of anilines is 1. The van der Waals surface area contributed by atoms with Gasteiger partial charge in [0.1, 0.15) is 5.75 Å². The molecule has 1 aliphatic heterocycles. The summed E-state index contributed by atoms with van der Waals surface area (Å²) in [4.78, 5) is 13.7. The summed E-state index contributed by atoms with van der Waals surface area (Å²) in [6.45, 7) is 5.02. The van der Waals surface area contributed by atoms with E-state index in [0.717, 1.165) is 29.8 Å². The fourth-order valence-electron chi connectivity index (χ4n) is 3.32. The van der Waals surface area contributed by atoms with Gasteiger partial charge < -0.3 is 9.64 Å². The Kier molecular flexibility index (Phi) is 6.92. The lowest BCUT2D eigenvalue weighted by atomic mass is 10.1. The largest absolute Gasteiger partial charge is 0.491 e. The third-order valence-electron chi connectivity index (χ3n) is 4.76. The molecule has 1 fully saturated rings. The fourth-order valence-corrected chi connectivity index (χ4v) is 4.39. The van der Waals surface area contributed by atoms with E-state index in [1.165, 1.54) is 0 Å². The van der Waals surface area contributed by atoms with Gasteiger partial charge in [0, 0.05) is 25.2 Å². The Hall–Kier alpha value is -2.38. The van der Waals surface area contributed by atoms with Crippen LogP contribution >= 0.6 is 0 Å². The number of sulfonamides is 1. The number of rotatable bonds is 9. The Morgan fingerprint density at radius 2 is 1.76 bits per heavy atom. The van der Waals surface area contributed by atoms with E-state index in [1.54, 1.807) is 29.2 Å². The van der Waals surface area contributed by atoms with Crippen molar-refractivity contribution in [3.63, 3.8) is 0 Å². The Morgan fingerprint density at radius 3 is 2.34 bits per heavy atom. The highest BCUT2D eigenvalue weighted by molar-refractivity contribution is 7.89. The molecule has 1 saturated heterocycles. The van der Waals surface area contributed by atoms with Crippen molar-refractivity contribution in [2.75, 3.05) is 18.0 Å². The first-order valence-electron chi connectivity index (χ1n) is 10.0. The van der Waals surface area contributed by atoms with Gasteiger partial charge in [-0.15, -0.1) is 0 Å². The van der Waals surface area contributed by atoms with E-state index in [4.69, 9.17) is 4.74 Å². The average Bonchev–Trinajstić information content (AvgIpc) is 3.12. The molecule has 0 atom stereocenters. The number of aryl methyl sites for hydroxylation is 1. The molecule has 0 radical (unpaired) electrons. The Labute approximate surface area is 172 Å². The Morgan fingerprint density at radius 1 is 1.07 bits per heavy atom. The Balaban J connectivity index is 1.49. The summed E-state index contributed by atoms with van der Waals surface area (Å²) in [5.41, 5.74) is 1.89. The number of carbonyl (C=O) groups excluding carboxylic acids is 1. The smallest absolute Gasteiger partial charge is 0.240 e. The number of carbonyl (C=O) groups is 1. The first-order chi connectivity index (χ1) is 13.8. The molecule has 0 saturated carbocycles. The minimum atomic E-state index is -3.56. The predicted octanol–water partition coefficient (Wildman–Crippen LogP) is 3.51. The highest BCUT2D eigenvalue weighted by atomic mass is 32.2. The fraction of sp³-hybridized carbons (Fsp3) is 0.409. The molecule has 7 heteroatoms. The predicted molar refractivity (Wildman–Crippen MR) is 114 cm³/mol. The van der Waals surface area contributed by atoms with Crippen molar-refractivity contribution >= 4 is 21.6 Å². The van der Waals surface area contributed by atoms with Crippen LogP contribution in [0.4, 0.5) is 5.69 Å². The lowest BCUT2D eigenvalue weighted by molar-refractivity contribution is -0.117. The van der Waals surface area contributed by atoms with Gasteiger partial charge in [0.25, 0.3) is 0 Å². The van der Waals surface area contributed by atoms with Crippen LogP contribution in [-0.2, 0) is 21.2 Å². The van der Waals surface area contributed by atoms with Crippen molar-refractivity contribution in [1.82, 2.24) is 4.72 Å². The number of hydrogen-bond acceptors (Lipinski definition) is 4. The highest BCUT2D eigenvalue weighted by Crippen LogP contribution is 2.23. The van der Waals surface area contributed by atoms with Gasteiger partial charge in [-0.05, 0) is 75.1 Å². The first kappa shape index (κ1) is 21.3. The van der Waals surface area contributed by atoms with E-state index in [1.807, 2.05) is 38.1 Å². The zero-order chi connectivity index (χ0) is 20.9. The van der Waals surface area contributed by atoms with E-state index >= 15 is 0 Å². The van der Waals surface area contributed by atoms with E-state index in [-0.39, 0.29) is 16.9 Å². The second-order valence-electron chi connectivity index (χ2n) is 7.45. The van der Waals surface area contributed by atoms with E-state index in [9.17, 15) is 13.2 Å². The maximum absolute atomic E-state index is 12.5. The highest BCUT2D eigenvalue weighted by Gasteiger charge is 2.22. The van der Waals surface area contributed by atoms with Gasteiger partial charge >= 0.3 is 0 Å². The third-order valence-corrected chi connectivity index (χ3v) is 6.24. The van der Waals surface area contributed by atoms with Gasteiger partial charge in [-0.1, -0.05) is 12.1 Å². The molecule has 3 rings (SSSR count). The van der Waals surface area contributed by atoms with Crippen molar-refractivity contribution in [3.05, 3.63) is 54.1 Å². The van der Waals surface area contributed by atoms with Gasteiger partial charge in [0.15, 0.2) is 0 Å². The molecular weight excluding hydrogens is 388 g/mol. The molecule has 2 aromatic rings. The molecule has 1 amide bonds. The summed E-state index contributed by atoms with van der Waals surface area (Å²) in [5.74, 6) is 0.922. The summed E-state index contributed by atoms with van der Waals surface area (Å²) in [6.07, 6.45) is 3.01. The van der Waals surface area contributed by atoms with Crippen LogP contribution in [0.3, 0.4) is 0 Å². The van der Waals surface area contributed by atoms with Crippen LogP contribution in [0, 0.1) is 0 Å². The van der Waals surface area contributed by atoms with Gasteiger partial charge in [0.2, 0.25) is 15.9 Å². The van der Waals surface area contributed by atoms with E-state index < -0.39 is 10.0 Å². The number of hydrogen-bond donors (Lipinski definition) is 1. The minimum absolute atomic E-state index is 0.0857. The maximum atomic E-state index is 12.5. The van der Waals surface area contributed by atoms with Crippen LogP contribution < -0.4 is 14.4 Å². The molecule has 0 unspecified atom stereocenters. The minimum Gasteiger partial charge on any atom is -0.491 e. The van der Waals surface area contributed by atoms with Crippen LogP contribution in [0.5, 0.6) is 5.75 Å². The molecular formula is C22H28N2O4S. The molecule has 1 aliphatic rings. The van der Waals surface area contributed by atoms with Gasteiger partial charge in [0.05, 0.1) is 11.0 Å². The molecule has 29 heavy (non-hydrogen) atoms. The van der Waals surface area contributed by atoms with Gasteiger partial charge in [-0.25, -0.2) is 13.1 Å². The van der Waals surface area contributed by atoms with Crippen molar-refractivity contribution in [1.29, 1.82) is 0 Å². The van der Waals surface area contributed by atoms with Crippen molar-refractivity contribution in [2.45, 2.75) is 50.5 Å². The molecule has 0 spiro atoms. The normalized spacial score (nSPS) is 14.6. The quantitative estimate of drug-likeness (QED) is 0.635. The number of benzene rings is 2. The molecule has 0 aromatic heterocycles. The molecule has 156 valence electrons. The van der Waals surface area contributed by atoms with Gasteiger partial charge in [-0.3, -0.25) is 4.79 Å². The van der Waals surface area contributed by atoms with Gasteiger partial charge in [-0.2, -0.15) is 0 Å². The zero-order valence-electron chi connectivity index (χ0n) is 16.9. The number of nitrogens with zero attached hydrogens (tertiary/aromatic N) is 1. The van der Waals surface area contributed by atoms with Crippen LogP contribution in [0.1, 0.15) is 38.7 Å². The topological polar surface area (TPSA) is 75.7 Å². The summed E-state index contributed by atoms with van der Waals surface area (Å²) in [7, 11) is -3.56. The van der Waals surface area contributed by atoms with E-state index in [0.29, 0.717) is 25.9 Å². The lowest BCUT2D eigenvalue weighted by Crippen LogP contribution is -2.26. The Bertz CT molecular complexity index is 922. The number of ether oxygens (including phenoxy) is 1.